The van der Waals surface area contributed by atoms with E-state index in [-0.39, 0.29) is 5.75 Å². The fourth-order valence-electron chi connectivity index (χ4n) is 3.13. The number of aromatic hydroxyl groups is 1. The summed E-state index contributed by atoms with van der Waals surface area (Å²) in [7, 11) is 3.09. The predicted molar refractivity (Wildman–Crippen MR) is 100 cm³/mol. The first kappa shape index (κ1) is 17.7. The van der Waals surface area contributed by atoms with E-state index in [2.05, 4.69) is 15.9 Å². The Morgan fingerprint density at radius 1 is 1.00 bits per heavy atom. The van der Waals surface area contributed by atoms with Crippen LogP contribution >= 0.6 is 11.6 Å². The largest absolute Gasteiger partial charge is 0.502 e. The van der Waals surface area contributed by atoms with Crippen molar-refractivity contribution in [2.24, 2.45) is 0 Å². The maximum absolute atomic E-state index is 10.0. The van der Waals surface area contributed by atoms with Crippen LogP contribution in [0.25, 0.3) is 0 Å². The van der Waals surface area contributed by atoms with Crippen LogP contribution in [0.5, 0.6) is 17.2 Å². The molecule has 0 aliphatic carbocycles. The third-order valence-electron chi connectivity index (χ3n) is 4.49. The highest BCUT2D eigenvalue weighted by Gasteiger charge is 2.19. The highest BCUT2D eigenvalue weighted by molar-refractivity contribution is 6.30. The summed E-state index contributed by atoms with van der Waals surface area (Å²) >= 11 is 6.09. The molecule has 1 heterocycles. The molecule has 2 aromatic rings. The van der Waals surface area contributed by atoms with Gasteiger partial charge < -0.3 is 19.5 Å². The number of methoxy groups -OCH3 is 2. The topological polar surface area (TPSA) is 45.2 Å². The van der Waals surface area contributed by atoms with E-state index in [1.807, 2.05) is 30.3 Å². The second-order valence-electron chi connectivity index (χ2n) is 6.09. The van der Waals surface area contributed by atoms with Gasteiger partial charge in [0, 0.05) is 43.4 Å². The van der Waals surface area contributed by atoms with E-state index in [1.165, 1.54) is 5.69 Å². The van der Waals surface area contributed by atoms with Gasteiger partial charge in [0.25, 0.3) is 0 Å². The van der Waals surface area contributed by atoms with E-state index >= 15 is 0 Å². The molecule has 0 atom stereocenters. The van der Waals surface area contributed by atoms with Crippen molar-refractivity contribution in [3.63, 3.8) is 0 Å². The normalized spacial score (nSPS) is 15.2. The first-order chi connectivity index (χ1) is 12.1. The molecule has 5 nitrogen and oxygen atoms in total. The Balaban J connectivity index is 1.64. The van der Waals surface area contributed by atoms with E-state index in [0.717, 1.165) is 43.3 Å². The third-order valence-corrected chi connectivity index (χ3v) is 4.73. The summed E-state index contributed by atoms with van der Waals surface area (Å²) in [6.45, 7) is 4.60. The van der Waals surface area contributed by atoms with Crippen molar-refractivity contribution in [1.29, 1.82) is 0 Å². The molecular weight excluding hydrogens is 340 g/mol. The van der Waals surface area contributed by atoms with Crippen LogP contribution in [0, 0.1) is 0 Å². The van der Waals surface area contributed by atoms with Gasteiger partial charge in [0.2, 0.25) is 5.75 Å². The monoisotopic (exact) mass is 362 g/mol. The summed E-state index contributed by atoms with van der Waals surface area (Å²) in [5, 5.41) is 10.8. The van der Waals surface area contributed by atoms with Gasteiger partial charge in [-0.1, -0.05) is 17.7 Å². The lowest BCUT2D eigenvalue weighted by atomic mass is 10.1. The van der Waals surface area contributed by atoms with E-state index in [0.29, 0.717) is 11.5 Å². The second kappa shape index (κ2) is 7.85. The molecular formula is C19H23ClN2O3. The van der Waals surface area contributed by atoms with Crippen LogP contribution in [0.2, 0.25) is 5.02 Å². The highest BCUT2D eigenvalue weighted by atomic mass is 35.5. The van der Waals surface area contributed by atoms with Crippen molar-refractivity contribution < 1.29 is 14.6 Å². The summed E-state index contributed by atoms with van der Waals surface area (Å²) in [6.07, 6.45) is 0. The number of hydrogen-bond donors (Lipinski definition) is 1. The smallest absolute Gasteiger partial charge is 0.200 e. The zero-order valence-corrected chi connectivity index (χ0v) is 15.3. The first-order valence-electron chi connectivity index (χ1n) is 8.27. The lowest BCUT2D eigenvalue weighted by Gasteiger charge is -2.36. The number of benzene rings is 2. The van der Waals surface area contributed by atoms with Gasteiger partial charge in [-0.05, 0) is 35.9 Å². The van der Waals surface area contributed by atoms with Crippen molar-refractivity contribution in [2.45, 2.75) is 6.54 Å². The van der Waals surface area contributed by atoms with Crippen LogP contribution in [-0.2, 0) is 6.54 Å². The van der Waals surface area contributed by atoms with Gasteiger partial charge in [0.15, 0.2) is 11.5 Å². The summed E-state index contributed by atoms with van der Waals surface area (Å²) in [5.74, 6) is 0.915. The van der Waals surface area contributed by atoms with Gasteiger partial charge in [-0.25, -0.2) is 0 Å². The highest BCUT2D eigenvalue weighted by Crippen LogP contribution is 2.37. The fraction of sp³-hybridized carbons (Fsp3) is 0.368. The molecule has 0 saturated carbocycles. The number of ether oxygens (including phenoxy) is 2. The standard InChI is InChI=1S/C19H23ClN2O3/c1-24-17-10-14(11-18(25-2)19(17)23)13-21-6-8-22(9-7-21)16-5-3-4-15(20)12-16/h3-5,10-12,23H,6-9,13H2,1-2H3. The van der Waals surface area contributed by atoms with Gasteiger partial charge in [-0.15, -0.1) is 0 Å². The maximum Gasteiger partial charge on any atom is 0.200 e. The molecule has 0 spiro atoms. The predicted octanol–water partition coefficient (Wildman–Crippen LogP) is 3.39. The molecule has 2 aromatic carbocycles. The number of phenolic OH excluding ortho intramolecular Hbond substituents is 1. The van der Waals surface area contributed by atoms with Crippen molar-refractivity contribution in [1.82, 2.24) is 4.90 Å². The molecule has 3 rings (SSSR count). The first-order valence-corrected chi connectivity index (χ1v) is 8.65. The molecule has 6 heteroatoms. The van der Waals surface area contributed by atoms with Crippen LogP contribution in [0.3, 0.4) is 0 Å². The number of phenols is 1. The van der Waals surface area contributed by atoms with E-state index in [9.17, 15) is 5.11 Å². The Hall–Kier alpha value is -2.11. The second-order valence-corrected chi connectivity index (χ2v) is 6.53. The molecule has 0 bridgehead atoms. The molecule has 1 N–H and O–H groups in total. The Labute approximate surface area is 153 Å². The van der Waals surface area contributed by atoms with Crippen LogP contribution in [0.4, 0.5) is 5.69 Å². The number of halogens is 1. The number of nitrogens with zero attached hydrogens (tertiary/aromatic N) is 2. The van der Waals surface area contributed by atoms with Gasteiger partial charge in [0.1, 0.15) is 0 Å². The van der Waals surface area contributed by atoms with Crippen molar-refractivity contribution in [2.75, 3.05) is 45.3 Å². The molecule has 0 unspecified atom stereocenters. The van der Waals surface area contributed by atoms with Gasteiger partial charge in [-0.2, -0.15) is 0 Å². The number of hydrogen-bond acceptors (Lipinski definition) is 5. The van der Waals surface area contributed by atoms with Crippen molar-refractivity contribution in [3.05, 3.63) is 47.0 Å². The Kier molecular flexibility index (Phi) is 5.56. The van der Waals surface area contributed by atoms with Gasteiger partial charge >= 0.3 is 0 Å². The Morgan fingerprint density at radius 3 is 2.20 bits per heavy atom. The number of anilines is 1. The fourth-order valence-corrected chi connectivity index (χ4v) is 3.32. The third kappa shape index (κ3) is 4.11. The summed E-state index contributed by atoms with van der Waals surface area (Å²) in [6, 6.07) is 11.7. The maximum atomic E-state index is 10.0. The Bertz CT molecular complexity index is 705. The quantitative estimate of drug-likeness (QED) is 0.883. The summed E-state index contributed by atoms with van der Waals surface area (Å²) in [5.41, 5.74) is 2.22. The van der Waals surface area contributed by atoms with Gasteiger partial charge in [-0.3, -0.25) is 4.90 Å². The zero-order chi connectivity index (χ0) is 17.8. The summed E-state index contributed by atoms with van der Waals surface area (Å²) in [4.78, 5) is 4.73. The van der Waals surface area contributed by atoms with Crippen LogP contribution in [0.1, 0.15) is 5.56 Å². The minimum Gasteiger partial charge on any atom is -0.502 e. The molecule has 1 aliphatic heterocycles. The van der Waals surface area contributed by atoms with E-state index in [4.69, 9.17) is 21.1 Å². The van der Waals surface area contributed by atoms with E-state index in [1.54, 1.807) is 14.2 Å². The van der Waals surface area contributed by atoms with Crippen LogP contribution in [0.15, 0.2) is 36.4 Å². The molecule has 0 amide bonds. The summed E-state index contributed by atoms with van der Waals surface area (Å²) < 4.78 is 10.5. The number of piperazine rings is 1. The van der Waals surface area contributed by atoms with Crippen LogP contribution < -0.4 is 14.4 Å². The SMILES string of the molecule is COc1cc(CN2CCN(c3cccc(Cl)c3)CC2)cc(OC)c1O. The molecule has 1 aliphatic rings. The molecule has 134 valence electrons. The van der Waals surface area contributed by atoms with Crippen molar-refractivity contribution >= 4 is 17.3 Å². The lowest BCUT2D eigenvalue weighted by Crippen LogP contribution is -2.45. The zero-order valence-electron chi connectivity index (χ0n) is 14.5. The molecule has 1 fully saturated rings. The Morgan fingerprint density at radius 2 is 1.64 bits per heavy atom. The molecule has 25 heavy (non-hydrogen) atoms. The molecule has 1 saturated heterocycles. The lowest BCUT2D eigenvalue weighted by molar-refractivity contribution is 0.248. The molecule has 0 aromatic heterocycles. The van der Waals surface area contributed by atoms with Crippen LogP contribution in [-0.4, -0.2) is 50.4 Å². The van der Waals surface area contributed by atoms with Crippen molar-refractivity contribution in [3.8, 4) is 17.2 Å². The average molecular weight is 363 g/mol. The minimum atomic E-state index is 0.0412. The van der Waals surface area contributed by atoms with Gasteiger partial charge in [0.05, 0.1) is 14.2 Å². The molecule has 0 radical (unpaired) electrons. The minimum absolute atomic E-state index is 0.0412. The van der Waals surface area contributed by atoms with E-state index < -0.39 is 0 Å². The number of rotatable bonds is 5. The average Bonchev–Trinajstić information content (AvgIpc) is 2.63.